The van der Waals surface area contributed by atoms with Crippen molar-refractivity contribution in [3.63, 3.8) is 0 Å². The summed E-state index contributed by atoms with van der Waals surface area (Å²) in [5.41, 5.74) is 7.77. The van der Waals surface area contributed by atoms with Gasteiger partial charge in [0.25, 0.3) is 0 Å². The van der Waals surface area contributed by atoms with Crippen LogP contribution in [-0.4, -0.2) is 18.1 Å². The number of rotatable bonds is 4. The van der Waals surface area contributed by atoms with Crippen molar-refractivity contribution >= 4 is 17.3 Å². The monoisotopic (exact) mass is 248 g/mol. The number of nitrogens with two attached hydrogens (primary N) is 1. The minimum absolute atomic E-state index is 0.155. The van der Waals surface area contributed by atoms with Crippen LogP contribution in [0.25, 0.3) is 0 Å². The third-order valence-electron chi connectivity index (χ3n) is 3.45. The van der Waals surface area contributed by atoms with Crippen LogP contribution in [0.5, 0.6) is 0 Å². The van der Waals surface area contributed by atoms with Crippen LogP contribution in [0.15, 0.2) is 18.2 Å². The maximum absolute atomic E-state index is 11.7. The molecule has 0 atom stereocenters. The molecule has 1 aromatic rings. The van der Waals surface area contributed by atoms with Crippen LogP contribution in [0.1, 0.15) is 43.5 Å². The Balaban J connectivity index is 2.17. The quantitative estimate of drug-likeness (QED) is 0.635. The molecule has 18 heavy (non-hydrogen) atoms. The number of anilines is 2. The Bertz CT molecular complexity index is 453. The van der Waals surface area contributed by atoms with E-state index >= 15 is 0 Å². The van der Waals surface area contributed by atoms with Gasteiger partial charge < -0.3 is 15.8 Å². The molecule has 0 aromatic heterocycles. The van der Waals surface area contributed by atoms with E-state index < -0.39 is 0 Å². The Hall–Kier alpha value is -1.71. The first kappa shape index (κ1) is 12.7. The largest absolute Gasteiger partial charge is 0.462 e. The second-order valence-corrected chi connectivity index (χ2v) is 5.06. The Morgan fingerprint density at radius 3 is 2.78 bits per heavy atom. The molecule has 0 bridgehead atoms. The number of esters is 1. The van der Waals surface area contributed by atoms with Gasteiger partial charge in [-0.25, -0.2) is 4.79 Å². The first-order valence-electron chi connectivity index (χ1n) is 6.39. The van der Waals surface area contributed by atoms with Crippen LogP contribution in [-0.2, 0) is 4.74 Å². The number of carbonyl (C=O) groups is 1. The summed E-state index contributed by atoms with van der Waals surface area (Å²) in [5.74, 6) is -0.364. The lowest BCUT2D eigenvalue weighted by atomic mass is 9.78. The fourth-order valence-corrected chi connectivity index (χ4v) is 2.20. The molecule has 0 heterocycles. The standard InChI is InChI=1S/C14H20N2O2/c1-3-18-13(17)11-9-10(5-6-12(11)15)16-14(2)7-4-8-14/h5-6,9,16H,3-4,7-8,15H2,1-2H3. The highest BCUT2D eigenvalue weighted by molar-refractivity contribution is 5.96. The predicted molar refractivity (Wildman–Crippen MR) is 72.7 cm³/mol. The molecule has 3 N–H and O–H groups in total. The van der Waals surface area contributed by atoms with Gasteiger partial charge in [-0.05, 0) is 51.3 Å². The lowest BCUT2D eigenvalue weighted by Crippen LogP contribution is -2.41. The van der Waals surface area contributed by atoms with E-state index in [1.54, 1.807) is 19.1 Å². The van der Waals surface area contributed by atoms with Crippen LogP contribution in [0.4, 0.5) is 11.4 Å². The van der Waals surface area contributed by atoms with E-state index in [-0.39, 0.29) is 11.5 Å². The van der Waals surface area contributed by atoms with E-state index in [0.29, 0.717) is 17.9 Å². The van der Waals surface area contributed by atoms with Crippen molar-refractivity contribution in [2.75, 3.05) is 17.7 Å². The molecule has 1 aromatic carbocycles. The predicted octanol–water partition coefficient (Wildman–Crippen LogP) is 2.80. The smallest absolute Gasteiger partial charge is 0.340 e. The van der Waals surface area contributed by atoms with E-state index in [1.165, 1.54) is 6.42 Å². The Labute approximate surface area is 108 Å². The maximum Gasteiger partial charge on any atom is 0.340 e. The topological polar surface area (TPSA) is 64.3 Å². The van der Waals surface area contributed by atoms with Crippen molar-refractivity contribution in [3.05, 3.63) is 23.8 Å². The number of carbonyl (C=O) groups excluding carboxylic acids is 1. The normalized spacial score (nSPS) is 16.8. The van der Waals surface area contributed by atoms with Crippen molar-refractivity contribution in [2.24, 2.45) is 0 Å². The van der Waals surface area contributed by atoms with Crippen molar-refractivity contribution in [1.82, 2.24) is 0 Å². The number of ether oxygens (including phenoxy) is 1. The molecule has 1 saturated carbocycles. The number of hydrogen-bond acceptors (Lipinski definition) is 4. The Morgan fingerprint density at radius 1 is 1.50 bits per heavy atom. The highest BCUT2D eigenvalue weighted by atomic mass is 16.5. The molecule has 0 unspecified atom stereocenters. The van der Waals surface area contributed by atoms with E-state index in [1.807, 2.05) is 6.07 Å². The fraction of sp³-hybridized carbons (Fsp3) is 0.500. The zero-order chi connectivity index (χ0) is 13.2. The summed E-state index contributed by atoms with van der Waals surface area (Å²) in [6, 6.07) is 5.43. The van der Waals surface area contributed by atoms with Crippen LogP contribution in [0, 0.1) is 0 Å². The Kier molecular flexibility index (Phi) is 3.45. The van der Waals surface area contributed by atoms with Gasteiger partial charge in [0.1, 0.15) is 0 Å². The van der Waals surface area contributed by atoms with Gasteiger partial charge in [0.05, 0.1) is 12.2 Å². The van der Waals surface area contributed by atoms with Crippen molar-refractivity contribution in [1.29, 1.82) is 0 Å². The summed E-state index contributed by atoms with van der Waals surface area (Å²) < 4.78 is 4.99. The number of hydrogen-bond donors (Lipinski definition) is 2. The van der Waals surface area contributed by atoms with Crippen LogP contribution in [0.2, 0.25) is 0 Å². The van der Waals surface area contributed by atoms with E-state index in [0.717, 1.165) is 18.5 Å². The minimum atomic E-state index is -0.364. The number of benzene rings is 1. The summed E-state index contributed by atoms with van der Waals surface area (Å²) in [6.45, 7) is 4.33. The molecule has 0 amide bonds. The van der Waals surface area contributed by atoms with Crippen LogP contribution in [0.3, 0.4) is 0 Å². The molecule has 4 nitrogen and oxygen atoms in total. The van der Waals surface area contributed by atoms with E-state index in [9.17, 15) is 4.79 Å². The van der Waals surface area contributed by atoms with Gasteiger partial charge in [0.15, 0.2) is 0 Å². The third kappa shape index (κ3) is 2.58. The molecular formula is C14H20N2O2. The van der Waals surface area contributed by atoms with Gasteiger partial charge in [-0.2, -0.15) is 0 Å². The van der Waals surface area contributed by atoms with Gasteiger partial charge in [-0.15, -0.1) is 0 Å². The average Bonchev–Trinajstić information content (AvgIpc) is 2.30. The zero-order valence-electron chi connectivity index (χ0n) is 11.0. The molecule has 2 rings (SSSR count). The summed E-state index contributed by atoms with van der Waals surface area (Å²) in [4.78, 5) is 11.7. The van der Waals surface area contributed by atoms with Gasteiger partial charge in [0.2, 0.25) is 0 Å². The number of nitrogen functional groups attached to an aromatic ring is 1. The highest BCUT2D eigenvalue weighted by Crippen LogP contribution is 2.35. The second kappa shape index (κ2) is 4.88. The van der Waals surface area contributed by atoms with Gasteiger partial charge in [-0.1, -0.05) is 0 Å². The lowest BCUT2D eigenvalue weighted by molar-refractivity contribution is 0.0527. The maximum atomic E-state index is 11.7. The molecule has 0 aliphatic heterocycles. The molecule has 0 spiro atoms. The summed E-state index contributed by atoms with van der Waals surface area (Å²) >= 11 is 0. The highest BCUT2D eigenvalue weighted by Gasteiger charge is 2.31. The molecule has 4 heteroatoms. The first-order chi connectivity index (χ1) is 8.54. The fourth-order valence-electron chi connectivity index (χ4n) is 2.20. The SMILES string of the molecule is CCOC(=O)c1cc(NC2(C)CCC2)ccc1N. The first-order valence-corrected chi connectivity index (χ1v) is 6.39. The van der Waals surface area contributed by atoms with Crippen molar-refractivity contribution in [3.8, 4) is 0 Å². The van der Waals surface area contributed by atoms with Gasteiger partial charge in [-0.3, -0.25) is 0 Å². The minimum Gasteiger partial charge on any atom is -0.462 e. The third-order valence-corrected chi connectivity index (χ3v) is 3.45. The zero-order valence-corrected chi connectivity index (χ0v) is 11.0. The molecule has 1 aliphatic rings. The van der Waals surface area contributed by atoms with Crippen molar-refractivity contribution in [2.45, 2.75) is 38.6 Å². The van der Waals surface area contributed by atoms with Crippen molar-refractivity contribution < 1.29 is 9.53 Å². The van der Waals surface area contributed by atoms with Crippen LogP contribution < -0.4 is 11.1 Å². The molecule has 1 aliphatic carbocycles. The number of nitrogens with one attached hydrogen (secondary N) is 1. The average molecular weight is 248 g/mol. The Morgan fingerprint density at radius 2 is 2.22 bits per heavy atom. The molecular weight excluding hydrogens is 228 g/mol. The molecule has 98 valence electrons. The molecule has 0 saturated heterocycles. The summed E-state index contributed by atoms with van der Waals surface area (Å²) in [5, 5.41) is 3.46. The lowest BCUT2D eigenvalue weighted by Gasteiger charge is -2.40. The summed E-state index contributed by atoms with van der Waals surface area (Å²) in [6.07, 6.45) is 3.57. The van der Waals surface area contributed by atoms with Gasteiger partial charge in [0, 0.05) is 16.9 Å². The molecule has 1 fully saturated rings. The van der Waals surface area contributed by atoms with Crippen LogP contribution >= 0.6 is 0 Å². The molecule has 0 radical (unpaired) electrons. The van der Waals surface area contributed by atoms with Gasteiger partial charge >= 0.3 is 5.97 Å². The summed E-state index contributed by atoms with van der Waals surface area (Å²) in [7, 11) is 0. The van der Waals surface area contributed by atoms with E-state index in [4.69, 9.17) is 10.5 Å². The van der Waals surface area contributed by atoms with E-state index in [2.05, 4.69) is 12.2 Å². The second-order valence-electron chi connectivity index (χ2n) is 5.06.